The lowest BCUT2D eigenvalue weighted by Gasteiger charge is -2.15. The average Bonchev–Trinajstić information content (AvgIpc) is 2.48. The second-order valence-corrected chi connectivity index (χ2v) is 4.98. The number of carbonyl (C=O) groups is 1. The predicted molar refractivity (Wildman–Crippen MR) is 80.0 cm³/mol. The molecule has 0 atom stereocenters. The third-order valence-corrected chi connectivity index (χ3v) is 3.40. The lowest BCUT2D eigenvalue weighted by Crippen LogP contribution is -2.29. The number of carbonyl (C=O) groups excluding carboxylic acids is 1. The van der Waals surface area contributed by atoms with Crippen molar-refractivity contribution in [2.75, 3.05) is 12.8 Å². The first-order valence-electron chi connectivity index (χ1n) is 6.63. The molecule has 1 heterocycles. The molecule has 0 bridgehead atoms. The van der Waals surface area contributed by atoms with E-state index in [1.165, 1.54) is 12.1 Å². The molecule has 8 heteroatoms. The molecule has 0 saturated heterocycles. The first-order chi connectivity index (χ1) is 10.8. The molecule has 0 aliphatic rings. The van der Waals surface area contributed by atoms with Crippen LogP contribution >= 0.6 is 0 Å². The number of esters is 1. The van der Waals surface area contributed by atoms with Crippen LogP contribution in [-0.4, -0.2) is 22.6 Å². The van der Waals surface area contributed by atoms with Crippen LogP contribution in [0.15, 0.2) is 23.3 Å². The Morgan fingerprint density at radius 1 is 1.30 bits per heavy atom. The molecule has 0 aliphatic heterocycles. The highest BCUT2D eigenvalue weighted by Crippen LogP contribution is 2.26. The number of ether oxygens (including phenoxy) is 1. The Hall–Kier alpha value is -2.77. The number of anilines is 1. The molecule has 1 aromatic heterocycles. The number of rotatable bonds is 3. The number of aryl methyl sites for hydroxylation is 2. The van der Waals surface area contributed by atoms with Gasteiger partial charge in [0.2, 0.25) is 0 Å². The first kappa shape index (κ1) is 16.6. The van der Waals surface area contributed by atoms with Crippen LogP contribution in [0.25, 0.3) is 5.69 Å². The number of aromatic nitrogens is 2. The third-order valence-electron chi connectivity index (χ3n) is 3.40. The minimum Gasteiger partial charge on any atom is -0.465 e. The Morgan fingerprint density at radius 2 is 1.87 bits per heavy atom. The lowest BCUT2D eigenvalue weighted by molar-refractivity contribution is 0.0599. The van der Waals surface area contributed by atoms with Gasteiger partial charge in [0.15, 0.2) is 5.56 Å². The van der Waals surface area contributed by atoms with Crippen LogP contribution in [0.3, 0.4) is 0 Å². The molecule has 0 saturated carbocycles. The number of hydrogen-bond donors (Lipinski definition) is 1. The van der Waals surface area contributed by atoms with E-state index in [1.54, 1.807) is 13.8 Å². The van der Waals surface area contributed by atoms with E-state index in [0.717, 1.165) is 18.0 Å². The number of nitrogens with zero attached hydrogens (tertiary/aromatic N) is 2. The van der Waals surface area contributed by atoms with Gasteiger partial charge < -0.3 is 10.5 Å². The Morgan fingerprint density at radius 3 is 2.35 bits per heavy atom. The van der Waals surface area contributed by atoms with Crippen LogP contribution in [0.4, 0.5) is 14.6 Å². The van der Waals surface area contributed by atoms with Gasteiger partial charge >= 0.3 is 5.97 Å². The standard InChI is InChI=1S/C15H15F2N3O3/c1-7-4-9(12(16)17)5-8(2)11(7)20-6-19-13(18)10(14(20)21)15(22)23-3/h4-6,12H,18H2,1-3H3. The van der Waals surface area contributed by atoms with E-state index in [9.17, 15) is 18.4 Å². The SMILES string of the molecule is COC(=O)c1c(N)ncn(-c2c(C)cc(C(F)F)cc2C)c1=O. The minimum atomic E-state index is -2.62. The fourth-order valence-corrected chi connectivity index (χ4v) is 2.42. The zero-order valence-corrected chi connectivity index (χ0v) is 12.8. The smallest absolute Gasteiger partial charge is 0.347 e. The Labute approximate surface area is 130 Å². The third kappa shape index (κ3) is 2.92. The Kier molecular flexibility index (Phi) is 4.44. The van der Waals surface area contributed by atoms with Crippen LogP contribution in [0, 0.1) is 13.8 Å². The second kappa shape index (κ2) is 6.15. The number of nitrogen functional groups attached to an aromatic ring is 1. The van der Waals surface area contributed by atoms with Gasteiger partial charge in [0.1, 0.15) is 12.1 Å². The predicted octanol–water partition coefficient (Wildman–Crippen LogP) is 2.16. The highest BCUT2D eigenvalue weighted by molar-refractivity contribution is 5.93. The molecule has 0 unspecified atom stereocenters. The highest BCUT2D eigenvalue weighted by atomic mass is 19.3. The van der Waals surface area contributed by atoms with Crippen LogP contribution in [-0.2, 0) is 4.74 Å². The summed E-state index contributed by atoms with van der Waals surface area (Å²) in [6, 6.07) is 2.57. The monoisotopic (exact) mass is 323 g/mol. The normalized spacial score (nSPS) is 10.9. The van der Waals surface area contributed by atoms with Crippen molar-refractivity contribution in [2.24, 2.45) is 0 Å². The molecule has 23 heavy (non-hydrogen) atoms. The summed E-state index contributed by atoms with van der Waals surface area (Å²) in [7, 11) is 1.12. The summed E-state index contributed by atoms with van der Waals surface area (Å²) in [6.07, 6.45) is -1.46. The molecule has 2 rings (SSSR count). The van der Waals surface area contributed by atoms with Gasteiger partial charge in [-0.25, -0.2) is 18.6 Å². The molecule has 0 aliphatic carbocycles. The molecule has 122 valence electrons. The number of halogens is 2. The maximum atomic E-state index is 12.9. The quantitative estimate of drug-likeness (QED) is 0.875. The van der Waals surface area contributed by atoms with Crippen molar-refractivity contribution in [3.05, 3.63) is 51.1 Å². The van der Waals surface area contributed by atoms with Crippen molar-refractivity contribution in [2.45, 2.75) is 20.3 Å². The van der Waals surface area contributed by atoms with Gasteiger partial charge in [0.25, 0.3) is 12.0 Å². The summed E-state index contributed by atoms with van der Waals surface area (Å²) in [5.41, 5.74) is 5.57. The van der Waals surface area contributed by atoms with Crippen LogP contribution in [0.2, 0.25) is 0 Å². The van der Waals surface area contributed by atoms with E-state index in [1.807, 2.05) is 0 Å². The van der Waals surface area contributed by atoms with Gasteiger partial charge in [0.05, 0.1) is 12.8 Å². The largest absolute Gasteiger partial charge is 0.465 e. The average molecular weight is 323 g/mol. The summed E-state index contributed by atoms with van der Waals surface area (Å²) in [4.78, 5) is 28.0. The van der Waals surface area contributed by atoms with Gasteiger partial charge in [-0.15, -0.1) is 0 Å². The van der Waals surface area contributed by atoms with Crippen molar-refractivity contribution in [1.29, 1.82) is 0 Å². The number of methoxy groups -OCH3 is 1. The van der Waals surface area contributed by atoms with Crippen LogP contribution in [0.1, 0.15) is 33.5 Å². The second-order valence-electron chi connectivity index (χ2n) is 4.98. The zero-order chi connectivity index (χ0) is 17.3. The fraction of sp³-hybridized carbons (Fsp3) is 0.267. The summed E-state index contributed by atoms with van der Waals surface area (Å²) in [6.45, 7) is 3.18. The van der Waals surface area contributed by atoms with Gasteiger partial charge in [-0.1, -0.05) is 0 Å². The Bertz CT molecular complexity index is 808. The van der Waals surface area contributed by atoms with E-state index >= 15 is 0 Å². The molecule has 1 aromatic carbocycles. The molecule has 0 radical (unpaired) electrons. The number of alkyl halides is 2. The summed E-state index contributed by atoms with van der Waals surface area (Å²) >= 11 is 0. The van der Waals surface area contributed by atoms with E-state index in [-0.39, 0.29) is 11.4 Å². The van der Waals surface area contributed by atoms with Crippen molar-refractivity contribution < 1.29 is 18.3 Å². The lowest BCUT2D eigenvalue weighted by atomic mass is 10.0. The first-order valence-corrected chi connectivity index (χ1v) is 6.63. The van der Waals surface area contributed by atoms with Crippen LogP contribution in [0.5, 0.6) is 0 Å². The highest BCUT2D eigenvalue weighted by Gasteiger charge is 2.21. The summed E-state index contributed by atoms with van der Waals surface area (Å²) in [5.74, 6) is -1.16. The van der Waals surface area contributed by atoms with E-state index < -0.39 is 23.5 Å². The molecule has 0 spiro atoms. The van der Waals surface area contributed by atoms with Gasteiger partial charge in [-0.05, 0) is 37.1 Å². The summed E-state index contributed by atoms with van der Waals surface area (Å²) in [5, 5.41) is 0. The van der Waals surface area contributed by atoms with Gasteiger partial charge in [-0.2, -0.15) is 0 Å². The van der Waals surface area contributed by atoms with Crippen molar-refractivity contribution in [1.82, 2.24) is 9.55 Å². The van der Waals surface area contributed by atoms with E-state index in [4.69, 9.17) is 5.73 Å². The van der Waals surface area contributed by atoms with E-state index in [2.05, 4.69) is 9.72 Å². The van der Waals surface area contributed by atoms with E-state index in [0.29, 0.717) is 16.8 Å². The molecular formula is C15H15F2N3O3. The molecular weight excluding hydrogens is 308 g/mol. The van der Waals surface area contributed by atoms with Gasteiger partial charge in [0, 0.05) is 5.56 Å². The zero-order valence-electron chi connectivity index (χ0n) is 12.8. The van der Waals surface area contributed by atoms with Crippen LogP contribution < -0.4 is 11.3 Å². The summed E-state index contributed by atoms with van der Waals surface area (Å²) < 4.78 is 31.3. The maximum absolute atomic E-state index is 12.9. The molecule has 0 fully saturated rings. The molecule has 2 N–H and O–H groups in total. The van der Waals surface area contributed by atoms with Crippen molar-refractivity contribution in [3.63, 3.8) is 0 Å². The Balaban J connectivity index is 2.74. The topological polar surface area (TPSA) is 87.2 Å². The molecule has 6 nitrogen and oxygen atoms in total. The molecule has 2 aromatic rings. The molecule has 0 amide bonds. The van der Waals surface area contributed by atoms with Gasteiger partial charge in [-0.3, -0.25) is 9.36 Å². The number of benzene rings is 1. The van der Waals surface area contributed by atoms with Crippen molar-refractivity contribution in [3.8, 4) is 5.69 Å². The number of nitrogens with two attached hydrogens (primary N) is 1. The maximum Gasteiger partial charge on any atom is 0.347 e. The van der Waals surface area contributed by atoms with Crippen molar-refractivity contribution >= 4 is 11.8 Å². The minimum absolute atomic E-state index is 0.145. The number of hydrogen-bond acceptors (Lipinski definition) is 5. The fourth-order valence-electron chi connectivity index (χ4n) is 2.42.